The van der Waals surface area contributed by atoms with Gasteiger partial charge in [-0.25, -0.2) is 14.1 Å². The molecule has 0 atom stereocenters. The molecule has 0 unspecified atom stereocenters. The van der Waals surface area contributed by atoms with Crippen LogP contribution in [-0.2, 0) is 11.3 Å². The van der Waals surface area contributed by atoms with Crippen LogP contribution >= 0.6 is 0 Å². The number of carbonyl (C=O) groups is 2. The zero-order valence-corrected chi connectivity index (χ0v) is 18.3. The van der Waals surface area contributed by atoms with Crippen LogP contribution in [0.3, 0.4) is 0 Å². The van der Waals surface area contributed by atoms with Gasteiger partial charge in [-0.3, -0.25) is 9.59 Å². The van der Waals surface area contributed by atoms with Crippen LogP contribution in [0.1, 0.15) is 35.0 Å². The Morgan fingerprint density at radius 2 is 1.94 bits per heavy atom. The number of nitrogens with one attached hydrogen (secondary N) is 3. The monoisotopic (exact) mass is 451 g/mol. The summed E-state index contributed by atoms with van der Waals surface area (Å²) in [6.07, 6.45) is 1.68. The molecule has 1 aliphatic carbocycles. The fourth-order valence-electron chi connectivity index (χ4n) is 3.84. The first-order chi connectivity index (χ1) is 15.8. The summed E-state index contributed by atoms with van der Waals surface area (Å²) in [6.45, 7) is 2.24. The third-order valence-corrected chi connectivity index (χ3v) is 5.53. The lowest BCUT2D eigenvalue weighted by Crippen LogP contribution is -2.27. The maximum absolute atomic E-state index is 14.7. The number of benzene rings is 1. The molecular formula is C21H22FN9O2. The molecule has 2 amide bonds. The quantitative estimate of drug-likeness (QED) is 0.536. The van der Waals surface area contributed by atoms with Gasteiger partial charge in [0.25, 0.3) is 5.91 Å². The van der Waals surface area contributed by atoms with Crippen LogP contribution < -0.4 is 20.9 Å². The minimum Gasteiger partial charge on any atom is -0.364 e. The summed E-state index contributed by atoms with van der Waals surface area (Å²) in [6, 6.07) is 4.24. The minimum absolute atomic E-state index is 0.00989. The first-order valence-corrected chi connectivity index (χ1v) is 10.5. The highest BCUT2D eigenvalue weighted by molar-refractivity contribution is 6.00. The zero-order valence-electron chi connectivity index (χ0n) is 18.3. The van der Waals surface area contributed by atoms with Gasteiger partial charge in [0.05, 0.1) is 29.3 Å². The van der Waals surface area contributed by atoms with Gasteiger partial charge in [0.15, 0.2) is 17.3 Å². The first kappa shape index (κ1) is 20.8. The Morgan fingerprint density at radius 1 is 1.15 bits per heavy atom. The van der Waals surface area contributed by atoms with Gasteiger partial charge in [0.2, 0.25) is 5.91 Å². The van der Waals surface area contributed by atoms with Crippen molar-refractivity contribution in [2.75, 3.05) is 29.6 Å². The molecule has 3 heterocycles. The Hall–Kier alpha value is -4.09. The molecule has 1 aliphatic heterocycles. The predicted octanol–water partition coefficient (Wildman–Crippen LogP) is 1.91. The van der Waals surface area contributed by atoms with Gasteiger partial charge in [-0.1, -0.05) is 0 Å². The Balaban J connectivity index is 1.58. The molecule has 5 rings (SSSR count). The lowest BCUT2D eigenvalue weighted by Gasteiger charge is -2.30. The number of aryl methyl sites for hydroxylation is 1. The molecule has 2 aliphatic rings. The van der Waals surface area contributed by atoms with Crippen molar-refractivity contribution in [3.8, 4) is 5.69 Å². The average Bonchev–Trinajstić information content (AvgIpc) is 3.55. The van der Waals surface area contributed by atoms with E-state index in [9.17, 15) is 14.0 Å². The molecule has 1 fully saturated rings. The molecule has 170 valence electrons. The number of rotatable bonds is 5. The third-order valence-electron chi connectivity index (χ3n) is 5.53. The van der Waals surface area contributed by atoms with Gasteiger partial charge in [0.1, 0.15) is 11.6 Å². The second-order valence-electron chi connectivity index (χ2n) is 8.12. The number of fused-ring (bicyclic) bond motifs is 3. The topological polar surface area (TPSA) is 130 Å². The number of hydrogen-bond donors (Lipinski definition) is 3. The molecule has 11 nitrogen and oxygen atoms in total. The normalized spacial score (nSPS) is 14.4. The first-order valence-electron chi connectivity index (χ1n) is 10.5. The molecule has 0 spiro atoms. The Morgan fingerprint density at radius 3 is 2.67 bits per heavy atom. The molecule has 0 bridgehead atoms. The van der Waals surface area contributed by atoms with Crippen LogP contribution in [0.15, 0.2) is 18.2 Å². The number of amides is 2. The van der Waals surface area contributed by atoms with Crippen LogP contribution in [-0.4, -0.2) is 50.9 Å². The van der Waals surface area contributed by atoms with Crippen molar-refractivity contribution in [1.29, 1.82) is 0 Å². The van der Waals surface area contributed by atoms with Crippen molar-refractivity contribution >= 4 is 34.7 Å². The van der Waals surface area contributed by atoms with E-state index in [1.165, 1.54) is 25.2 Å². The van der Waals surface area contributed by atoms with E-state index in [4.69, 9.17) is 0 Å². The molecule has 1 saturated carbocycles. The smallest absolute Gasteiger partial charge is 0.273 e. The number of anilines is 4. The molecule has 1 aromatic carbocycles. The van der Waals surface area contributed by atoms with Crippen LogP contribution in [0.5, 0.6) is 0 Å². The Kier molecular flexibility index (Phi) is 4.91. The molecule has 0 saturated heterocycles. The largest absolute Gasteiger partial charge is 0.364 e. The average molecular weight is 451 g/mol. The highest BCUT2D eigenvalue weighted by Gasteiger charge is 2.30. The van der Waals surface area contributed by atoms with Gasteiger partial charge in [-0.05, 0) is 25.8 Å². The van der Waals surface area contributed by atoms with Gasteiger partial charge in [-0.2, -0.15) is 5.10 Å². The third kappa shape index (κ3) is 3.83. The second-order valence-corrected chi connectivity index (χ2v) is 8.12. The fraction of sp³-hybridized carbons (Fsp3) is 0.333. The summed E-state index contributed by atoms with van der Waals surface area (Å²) in [5, 5.41) is 20.7. The summed E-state index contributed by atoms with van der Waals surface area (Å²) >= 11 is 0. The fourth-order valence-corrected chi connectivity index (χ4v) is 3.84. The van der Waals surface area contributed by atoms with Gasteiger partial charge in [0, 0.05) is 32.1 Å². The summed E-state index contributed by atoms with van der Waals surface area (Å²) in [4.78, 5) is 30.9. The summed E-state index contributed by atoms with van der Waals surface area (Å²) in [7, 11) is 3.34. The molecule has 3 aromatic rings. The van der Waals surface area contributed by atoms with Crippen molar-refractivity contribution in [2.45, 2.75) is 26.3 Å². The van der Waals surface area contributed by atoms with E-state index in [2.05, 4.69) is 36.2 Å². The van der Waals surface area contributed by atoms with E-state index in [0.717, 1.165) is 12.8 Å². The maximum atomic E-state index is 14.7. The van der Waals surface area contributed by atoms with Crippen molar-refractivity contribution in [3.05, 3.63) is 41.4 Å². The molecule has 0 radical (unpaired) electrons. The molecule has 33 heavy (non-hydrogen) atoms. The highest BCUT2D eigenvalue weighted by Crippen LogP contribution is 2.39. The molecule has 2 aromatic heterocycles. The number of hydrogen-bond acceptors (Lipinski definition) is 8. The number of aromatic nitrogens is 5. The lowest BCUT2D eigenvalue weighted by molar-refractivity contribution is -0.117. The van der Waals surface area contributed by atoms with E-state index >= 15 is 0 Å². The summed E-state index contributed by atoms with van der Waals surface area (Å²) in [5.74, 6) is 0.358. The van der Waals surface area contributed by atoms with Gasteiger partial charge >= 0.3 is 0 Å². The zero-order chi connectivity index (χ0) is 23.3. The predicted molar refractivity (Wildman–Crippen MR) is 118 cm³/mol. The van der Waals surface area contributed by atoms with E-state index in [0.29, 0.717) is 35.3 Å². The van der Waals surface area contributed by atoms with Crippen LogP contribution in [0.25, 0.3) is 5.69 Å². The number of halogens is 1. The molecule has 12 heteroatoms. The van der Waals surface area contributed by atoms with E-state index in [1.807, 2.05) is 11.9 Å². The van der Waals surface area contributed by atoms with Crippen molar-refractivity contribution in [1.82, 2.24) is 30.3 Å². The van der Waals surface area contributed by atoms with Crippen molar-refractivity contribution < 1.29 is 14.0 Å². The lowest BCUT2D eigenvalue weighted by atomic mass is 10.1. The Labute approximate surface area is 188 Å². The van der Waals surface area contributed by atoms with E-state index in [1.54, 1.807) is 11.6 Å². The van der Waals surface area contributed by atoms with E-state index in [-0.39, 0.29) is 29.0 Å². The number of carbonyl (C=O) groups excluding carboxylic acids is 2. The summed E-state index contributed by atoms with van der Waals surface area (Å²) < 4.78 is 16.3. The standard InChI is InChI=1S/C21H22FN9O2/c1-10-24-17-9-30(3)19-14(6-12(22)7-15(19)31(17)29-10)25-13-8-16(26-20(32)11-4-5-11)27-28-18(13)21(33)23-2/h6-8,11H,4-5,9H2,1-3H3,(H,23,33)(H2,25,26,27,32). The number of nitrogens with zero attached hydrogens (tertiary/aromatic N) is 6. The van der Waals surface area contributed by atoms with E-state index < -0.39 is 11.7 Å². The van der Waals surface area contributed by atoms with Crippen molar-refractivity contribution in [2.24, 2.45) is 5.92 Å². The Bertz CT molecular complexity index is 1280. The maximum Gasteiger partial charge on any atom is 0.273 e. The molecule has 3 N–H and O–H groups in total. The van der Waals surface area contributed by atoms with Crippen LogP contribution in [0.4, 0.5) is 27.3 Å². The second kappa shape index (κ2) is 7.80. The van der Waals surface area contributed by atoms with Crippen LogP contribution in [0.2, 0.25) is 0 Å². The SMILES string of the molecule is CNC(=O)c1nnc(NC(=O)C2CC2)cc1Nc1cc(F)cc2c1N(C)Cc1nc(C)nn1-2. The molecular weight excluding hydrogens is 429 g/mol. The van der Waals surface area contributed by atoms with Gasteiger partial charge in [-0.15, -0.1) is 10.2 Å². The summed E-state index contributed by atoms with van der Waals surface area (Å²) in [5.41, 5.74) is 1.89. The van der Waals surface area contributed by atoms with Gasteiger partial charge < -0.3 is 20.9 Å². The van der Waals surface area contributed by atoms with Crippen molar-refractivity contribution in [3.63, 3.8) is 0 Å². The highest BCUT2D eigenvalue weighted by atomic mass is 19.1. The van der Waals surface area contributed by atoms with Crippen LogP contribution in [0, 0.1) is 18.7 Å². The minimum atomic E-state index is -0.489.